The second kappa shape index (κ2) is 5.95. The molecule has 0 fully saturated rings. The molecular weight excluding hydrogens is 288 g/mol. The second-order valence-corrected chi connectivity index (χ2v) is 12.9. The monoisotopic (exact) mass is 318 g/mol. The fourth-order valence-electron chi connectivity index (χ4n) is 2.70. The molecule has 1 aliphatic rings. The molecule has 2 nitrogen and oxygen atoms in total. The van der Waals surface area contributed by atoms with Crippen LogP contribution < -0.4 is 0 Å². The first-order valence-electron chi connectivity index (χ1n) is 8.14. The largest absolute Gasteiger partial charge is 0.413 e. The Kier molecular flexibility index (Phi) is 4.72. The van der Waals surface area contributed by atoms with E-state index in [4.69, 9.17) is 4.43 Å². The van der Waals surface area contributed by atoms with Crippen LogP contribution in [0.25, 0.3) is 6.08 Å². The Morgan fingerprint density at radius 2 is 1.86 bits per heavy atom. The van der Waals surface area contributed by atoms with Crippen LogP contribution in [0.15, 0.2) is 17.7 Å². The number of aliphatic hydroxyl groups excluding tert-OH is 1. The third-order valence-corrected chi connectivity index (χ3v) is 9.74. The van der Waals surface area contributed by atoms with Crippen LogP contribution in [0.2, 0.25) is 18.1 Å². The van der Waals surface area contributed by atoms with E-state index in [-0.39, 0.29) is 5.04 Å². The molecule has 3 heteroatoms. The van der Waals surface area contributed by atoms with E-state index in [1.54, 1.807) is 0 Å². The smallest absolute Gasteiger partial charge is 0.192 e. The van der Waals surface area contributed by atoms with Gasteiger partial charge in [-0.2, -0.15) is 0 Å². The van der Waals surface area contributed by atoms with Crippen LogP contribution >= 0.6 is 0 Å². The van der Waals surface area contributed by atoms with E-state index in [0.29, 0.717) is 6.61 Å². The molecule has 0 aromatic heterocycles. The molecular formula is C19H30O2Si. The maximum absolute atomic E-state index is 10.5. The molecule has 0 saturated heterocycles. The normalized spacial score (nSPS) is 18.9. The van der Waals surface area contributed by atoms with Crippen LogP contribution in [-0.4, -0.2) is 13.4 Å². The topological polar surface area (TPSA) is 29.5 Å². The summed E-state index contributed by atoms with van der Waals surface area (Å²) in [5.41, 5.74) is 5.85. The predicted octanol–water partition coefficient (Wildman–Crippen LogP) is 5.36. The predicted molar refractivity (Wildman–Crippen MR) is 96.4 cm³/mol. The van der Waals surface area contributed by atoms with Crippen LogP contribution in [0.3, 0.4) is 0 Å². The van der Waals surface area contributed by atoms with Gasteiger partial charge in [0.25, 0.3) is 0 Å². The lowest BCUT2D eigenvalue weighted by atomic mass is 9.85. The van der Waals surface area contributed by atoms with Crippen molar-refractivity contribution in [1.82, 2.24) is 0 Å². The molecule has 1 aromatic carbocycles. The van der Waals surface area contributed by atoms with Crippen molar-refractivity contribution >= 4 is 14.4 Å². The third kappa shape index (κ3) is 3.37. The van der Waals surface area contributed by atoms with Gasteiger partial charge in [-0.1, -0.05) is 44.6 Å². The van der Waals surface area contributed by atoms with Gasteiger partial charge in [-0.25, -0.2) is 0 Å². The van der Waals surface area contributed by atoms with E-state index >= 15 is 0 Å². The van der Waals surface area contributed by atoms with Crippen LogP contribution in [0.4, 0.5) is 0 Å². The van der Waals surface area contributed by atoms with E-state index in [1.807, 2.05) is 0 Å². The van der Waals surface area contributed by atoms with Gasteiger partial charge in [-0.05, 0) is 60.7 Å². The molecule has 1 N–H and O–H groups in total. The Morgan fingerprint density at radius 3 is 2.45 bits per heavy atom. The van der Waals surface area contributed by atoms with E-state index < -0.39 is 14.4 Å². The molecule has 1 atom stereocenters. The van der Waals surface area contributed by atoms with Gasteiger partial charge in [0.15, 0.2) is 8.32 Å². The van der Waals surface area contributed by atoms with Crippen molar-refractivity contribution < 1.29 is 9.53 Å². The maximum Gasteiger partial charge on any atom is 0.192 e. The second-order valence-electron chi connectivity index (χ2n) is 8.12. The number of aliphatic hydroxyl groups is 1. The first kappa shape index (κ1) is 17.5. The first-order valence-corrected chi connectivity index (χ1v) is 11.1. The number of fused-ring (bicyclic) bond motifs is 1. The van der Waals surface area contributed by atoms with E-state index in [0.717, 1.165) is 17.5 Å². The quantitative estimate of drug-likeness (QED) is 0.760. The average molecular weight is 319 g/mol. The Labute approximate surface area is 136 Å². The maximum atomic E-state index is 10.5. The van der Waals surface area contributed by atoms with Crippen molar-refractivity contribution in [2.45, 2.75) is 71.9 Å². The zero-order valence-corrected chi connectivity index (χ0v) is 16.1. The molecule has 122 valence electrons. The van der Waals surface area contributed by atoms with Crippen molar-refractivity contribution in [3.8, 4) is 0 Å². The average Bonchev–Trinajstić information content (AvgIpc) is 2.36. The molecule has 0 bridgehead atoms. The van der Waals surface area contributed by atoms with Gasteiger partial charge in [0, 0.05) is 0 Å². The van der Waals surface area contributed by atoms with Crippen LogP contribution in [0, 0.1) is 6.92 Å². The number of hydrogen-bond acceptors (Lipinski definition) is 2. The SMILES string of the molecule is CC1=Cc2ccc(C)c(CO[Si](C)(C)C(C)(C)C)c2[C@@H](O)C1. The molecule has 1 aromatic rings. The molecule has 0 heterocycles. The summed E-state index contributed by atoms with van der Waals surface area (Å²) in [6.45, 7) is 16.1. The van der Waals surface area contributed by atoms with Crippen LogP contribution in [0.1, 0.15) is 62.5 Å². The minimum absolute atomic E-state index is 0.199. The van der Waals surface area contributed by atoms with Crippen LogP contribution in [0.5, 0.6) is 0 Å². The Morgan fingerprint density at radius 1 is 1.23 bits per heavy atom. The van der Waals surface area contributed by atoms with E-state index in [2.05, 4.69) is 65.9 Å². The molecule has 0 radical (unpaired) electrons. The highest BCUT2D eigenvalue weighted by Gasteiger charge is 2.37. The molecule has 1 aliphatic carbocycles. The molecule has 0 aliphatic heterocycles. The number of rotatable bonds is 3. The highest BCUT2D eigenvalue weighted by molar-refractivity contribution is 6.74. The van der Waals surface area contributed by atoms with Crippen molar-refractivity contribution in [3.63, 3.8) is 0 Å². The van der Waals surface area contributed by atoms with Gasteiger partial charge in [0.2, 0.25) is 0 Å². The number of benzene rings is 1. The standard InChI is InChI=1S/C19H30O2Si/c1-13-10-15-9-8-14(2)16(18(15)17(20)11-13)12-21-22(6,7)19(3,4)5/h8-10,17,20H,11-12H2,1-7H3/t17-/m0/s1. The highest BCUT2D eigenvalue weighted by Crippen LogP contribution is 2.39. The summed E-state index contributed by atoms with van der Waals surface area (Å²) in [5, 5.41) is 10.7. The summed E-state index contributed by atoms with van der Waals surface area (Å²) < 4.78 is 6.41. The molecule has 0 amide bonds. The zero-order valence-electron chi connectivity index (χ0n) is 15.1. The van der Waals surface area contributed by atoms with Crippen molar-refractivity contribution in [2.24, 2.45) is 0 Å². The van der Waals surface area contributed by atoms with Gasteiger partial charge >= 0.3 is 0 Å². The summed E-state index contributed by atoms with van der Waals surface area (Å²) in [4.78, 5) is 0. The minimum atomic E-state index is -1.79. The summed E-state index contributed by atoms with van der Waals surface area (Å²) in [6, 6.07) is 4.26. The summed E-state index contributed by atoms with van der Waals surface area (Å²) in [7, 11) is -1.79. The lowest BCUT2D eigenvalue weighted by Crippen LogP contribution is -2.40. The van der Waals surface area contributed by atoms with Crippen molar-refractivity contribution in [3.05, 3.63) is 40.0 Å². The first-order chi connectivity index (χ1) is 10.0. The summed E-state index contributed by atoms with van der Waals surface area (Å²) in [5.74, 6) is 0. The fraction of sp³-hybridized carbons (Fsp3) is 0.579. The lowest BCUT2D eigenvalue weighted by molar-refractivity contribution is 0.172. The molecule has 0 saturated carbocycles. The van der Waals surface area contributed by atoms with Gasteiger partial charge in [-0.15, -0.1) is 0 Å². The summed E-state index contributed by atoms with van der Waals surface area (Å²) >= 11 is 0. The summed E-state index contributed by atoms with van der Waals surface area (Å²) in [6.07, 6.45) is 2.51. The fourth-order valence-corrected chi connectivity index (χ4v) is 3.64. The zero-order chi connectivity index (χ0) is 16.7. The van der Waals surface area contributed by atoms with Crippen LogP contribution in [-0.2, 0) is 11.0 Å². The van der Waals surface area contributed by atoms with Gasteiger partial charge < -0.3 is 9.53 Å². The Balaban J connectivity index is 2.35. The third-order valence-electron chi connectivity index (χ3n) is 5.26. The van der Waals surface area contributed by atoms with Gasteiger partial charge in [-0.3, -0.25) is 0 Å². The van der Waals surface area contributed by atoms with Crippen molar-refractivity contribution in [2.75, 3.05) is 0 Å². The highest BCUT2D eigenvalue weighted by atomic mass is 28.4. The van der Waals surface area contributed by atoms with E-state index in [1.165, 1.54) is 16.7 Å². The van der Waals surface area contributed by atoms with E-state index in [9.17, 15) is 5.11 Å². The number of hydrogen-bond donors (Lipinski definition) is 1. The number of aryl methyl sites for hydroxylation is 1. The van der Waals surface area contributed by atoms with Gasteiger partial charge in [0.05, 0.1) is 12.7 Å². The van der Waals surface area contributed by atoms with Gasteiger partial charge in [0.1, 0.15) is 0 Å². The molecule has 0 unspecified atom stereocenters. The lowest BCUT2D eigenvalue weighted by Gasteiger charge is -2.37. The minimum Gasteiger partial charge on any atom is -0.413 e. The Hall–Kier alpha value is -0.903. The molecule has 22 heavy (non-hydrogen) atoms. The molecule has 2 rings (SSSR count). The van der Waals surface area contributed by atoms with Crippen molar-refractivity contribution in [1.29, 1.82) is 0 Å². The Bertz CT molecular complexity index is 594. The molecule has 0 spiro atoms.